The number of nitrogens with one attached hydrogen (secondary N) is 2. The van der Waals surface area contributed by atoms with Gasteiger partial charge in [0.2, 0.25) is 5.91 Å². The number of likely N-dealkylation sites (tertiary alicyclic amines) is 1. The van der Waals surface area contributed by atoms with Crippen LogP contribution in [0.25, 0.3) is 0 Å². The van der Waals surface area contributed by atoms with Crippen LogP contribution < -0.4 is 10.6 Å². The number of hydrogen-bond donors (Lipinski definition) is 2. The first-order chi connectivity index (χ1) is 15.4. The molecule has 0 atom stereocenters. The van der Waals surface area contributed by atoms with E-state index in [-0.39, 0.29) is 17.7 Å². The van der Waals surface area contributed by atoms with Gasteiger partial charge in [-0.3, -0.25) is 14.4 Å². The zero-order valence-corrected chi connectivity index (χ0v) is 20.6. The molecule has 32 heavy (non-hydrogen) atoms. The zero-order valence-electron chi connectivity index (χ0n) is 18.2. The fourth-order valence-corrected chi connectivity index (χ4v) is 5.88. The van der Waals surface area contributed by atoms with Crippen LogP contribution in [0, 0.1) is 6.92 Å². The highest BCUT2D eigenvalue weighted by atomic mass is 79.9. The van der Waals surface area contributed by atoms with Crippen molar-refractivity contribution in [1.29, 1.82) is 0 Å². The SMILES string of the molecule is Cc1cc(NC(=O)C2(NC(=O)c3ccc(Br)s3)CCCCC2)ccc1C(=O)N1CCCC1. The van der Waals surface area contributed by atoms with E-state index in [1.807, 2.05) is 24.0 Å². The third-order valence-electron chi connectivity index (χ3n) is 6.40. The molecule has 1 aromatic heterocycles. The van der Waals surface area contributed by atoms with E-state index >= 15 is 0 Å². The lowest BCUT2D eigenvalue weighted by Crippen LogP contribution is -2.57. The quantitative estimate of drug-likeness (QED) is 0.577. The molecule has 2 aromatic rings. The first kappa shape index (κ1) is 23.0. The van der Waals surface area contributed by atoms with Gasteiger partial charge < -0.3 is 15.5 Å². The molecule has 2 heterocycles. The largest absolute Gasteiger partial charge is 0.339 e. The van der Waals surface area contributed by atoms with Gasteiger partial charge in [-0.25, -0.2) is 0 Å². The minimum atomic E-state index is -0.927. The zero-order chi connectivity index (χ0) is 22.7. The summed E-state index contributed by atoms with van der Waals surface area (Å²) in [4.78, 5) is 41.4. The Hall–Kier alpha value is -2.19. The summed E-state index contributed by atoms with van der Waals surface area (Å²) in [6.45, 7) is 3.51. The molecule has 1 saturated heterocycles. The number of benzene rings is 1. The second-order valence-corrected chi connectivity index (χ2v) is 11.1. The second kappa shape index (κ2) is 9.75. The number of carbonyl (C=O) groups is 3. The highest BCUT2D eigenvalue weighted by Crippen LogP contribution is 2.31. The molecule has 0 unspecified atom stereocenters. The number of hydrogen-bond acceptors (Lipinski definition) is 4. The van der Waals surface area contributed by atoms with Crippen molar-refractivity contribution in [3.8, 4) is 0 Å². The fraction of sp³-hybridized carbons (Fsp3) is 0.458. The van der Waals surface area contributed by atoms with E-state index in [0.29, 0.717) is 29.0 Å². The van der Waals surface area contributed by atoms with Crippen LogP contribution in [0.2, 0.25) is 0 Å². The van der Waals surface area contributed by atoms with E-state index in [4.69, 9.17) is 0 Å². The standard InChI is InChI=1S/C24H28BrN3O3S/c1-16-15-17(7-8-18(16)22(30)28-13-5-6-14-28)26-23(31)24(11-3-2-4-12-24)27-21(29)19-9-10-20(25)32-19/h7-10,15H,2-6,11-14H2,1H3,(H,26,31)(H,27,29). The lowest BCUT2D eigenvalue weighted by Gasteiger charge is -2.36. The minimum absolute atomic E-state index is 0.0519. The predicted octanol–water partition coefficient (Wildman–Crippen LogP) is 5.13. The molecule has 1 aromatic carbocycles. The summed E-state index contributed by atoms with van der Waals surface area (Å²) >= 11 is 4.74. The van der Waals surface area contributed by atoms with Gasteiger partial charge in [0, 0.05) is 24.3 Å². The van der Waals surface area contributed by atoms with Crippen LogP contribution in [-0.4, -0.2) is 41.2 Å². The molecule has 1 aliphatic carbocycles. The first-order valence-electron chi connectivity index (χ1n) is 11.2. The Bertz CT molecular complexity index is 1020. The van der Waals surface area contributed by atoms with Crippen molar-refractivity contribution in [2.75, 3.05) is 18.4 Å². The highest BCUT2D eigenvalue weighted by Gasteiger charge is 2.41. The number of halogens is 1. The summed E-state index contributed by atoms with van der Waals surface area (Å²) in [5, 5.41) is 6.05. The van der Waals surface area contributed by atoms with Gasteiger partial charge in [0.15, 0.2) is 0 Å². The maximum Gasteiger partial charge on any atom is 0.262 e. The monoisotopic (exact) mass is 517 g/mol. The topological polar surface area (TPSA) is 78.5 Å². The number of thiophene rings is 1. The molecule has 6 nitrogen and oxygen atoms in total. The summed E-state index contributed by atoms with van der Waals surface area (Å²) in [6, 6.07) is 9.01. The number of aryl methyl sites for hydroxylation is 1. The molecule has 0 spiro atoms. The molecule has 0 bridgehead atoms. The van der Waals surface area contributed by atoms with Crippen molar-refractivity contribution in [3.63, 3.8) is 0 Å². The van der Waals surface area contributed by atoms with Crippen molar-refractivity contribution in [1.82, 2.24) is 10.2 Å². The molecule has 2 aliphatic rings. The molecule has 3 amide bonds. The lowest BCUT2D eigenvalue weighted by molar-refractivity contribution is -0.123. The smallest absolute Gasteiger partial charge is 0.262 e. The first-order valence-corrected chi connectivity index (χ1v) is 12.8. The summed E-state index contributed by atoms with van der Waals surface area (Å²) in [5.74, 6) is -0.365. The third kappa shape index (κ3) is 4.91. The molecule has 2 N–H and O–H groups in total. The van der Waals surface area contributed by atoms with Crippen molar-refractivity contribution in [2.24, 2.45) is 0 Å². The molecule has 4 rings (SSSR count). The molecule has 0 radical (unpaired) electrons. The Kier molecular flexibility index (Phi) is 7.00. The average molecular weight is 518 g/mol. The van der Waals surface area contributed by atoms with Gasteiger partial charge in [-0.05, 0) is 84.4 Å². The van der Waals surface area contributed by atoms with E-state index in [2.05, 4.69) is 26.6 Å². The van der Waals surface area contributed by atoms with Crippen molar-refractivity contribution in [2.45, 2.75) is 57.4 Å². The van der Waals surface area contributed by atoms with Gasteiger partial charge in [0.25, 0.3) is 11.8 Å². The maximum atomic E-state index is 13.4. The fourth-order valence-electron chi connectivity index (χ4n) is 4.60. The van der Waals surface area contributed by atoms with E-state index in [0.717, 1.165) is 54.5 Å². The Labute approximate surface area is 200 Å². The normalized spacial score (nSPS) is 17.8. The van der Waals surface area contributed by atoms with Gasteiger partial charge in [0.05, 0.1) is 8.66 Å². The van der Waals surface area contributed by atoms with E-state index < -0.39 is 5.54 Å². The minimum Gasteiger partial charge on any atom is -0.339 e. The molecular weight excluding hydrogens is 490 g/mol. The van der Waals surface area contributed by atoms with Gasteiger partial charge >= 0.3 is 0 Å². The van der Waals surface area contributed by atoms with Crippen LogP contribution in [0.5, 0.6) is 0 Å². The molecule has 170 valence electrons. The van der Waals surface area contributed by atoms with Crippen LogP contribution >= 0.6 is 27.3 Å². The van der Waals surface area contributed by atoms with E-state index in [1.54, 1.807) is 18.2 Å². The van der Waals surface area contributed by atoms with Gasteiger partial charge in [-0.2, -0.15) is 0 Å². The Morgan fingerprint density at radius 1 is 1.00 bits per heavy atom. The number of rotatable bonds is 5. The van der Waals surface area contributed by atoms with Crippen LogP contribution in [0.3, 0.4) is 0 Å². The van der Waals surface area contributed by atoms with Crippen molar-refractivity contribution in [3.05, 3.63) is 50.1 Å². The third-order valence-corrected chi connectivity index (χ3v) is 8.02. The molecule has 1 aliphatic heterocycles. The molecule has 8 heteroatoms. The summed E-state index contributed by atoms with van der Waals surface area (Å²) < 4.78 is 0.879. The Morgan fingerprint density at radius 3 is 2.34 bits per heavy atom. The lowest BCUT2D eigenvalue weighted by atomic mass is 9.80. The number of anilines is 1. The van der Waals surface area contributed by atoms with Crippen LogP contribution in [-0.2, 0) is 4.79 Å². The Morgan fingerprint density at radius 2 is 1.72 bits per heavy atom. The molecule has 2 fully saturated rings. The highest BCUT2D eigenvalue weighted by molar-refractivity contribution is 9.11. The van der Waals surface area contributed by atoms with Crippen LogP contribution in [0.15, 0.2) is 34.1 Å². The van der Waals surface area contributed by atoms with Gasteiger partial charge in [0.1, 0.15) is 5.54 Å². The van der Waals surface area contributed by atoms with E-state index in [1.165, 1.54) is 11.3 Å². The van der Waals surface area contributed by atoms with Crippen molar-refractivity contribution < 1.29 is 14.4 Å². The summed E-state index contributed by atoms with van der Waals surface area (Å²) in [5.41, 5.74) is 1.23. The maximum absolute atomic E-state index is 13.4. The second-order valence-electron chi connectivity index (χ2n) is 8.68. The van der Waals surface area contributed by atoms with Crippen LogP contribution in [0.1, 0.15) is 70.5 Å². The summed E-state index contributed by atoms with van der Waals surface area (Å²) in [6.07, 6.45) is 6.17. The van der Waals surface area contributed by atoms with E-state index in [9.17, 15) is 14.4 Å². The number of nitrogens with zero attached hydrogens (tertiary/aromatic N) is 1. The van der Waals surface area contributed by atoms with Gasteiger partial charge in [-0.1, -0.05) is 19.3 Å². The summed E-state index contributed by atoms with van der Waals surface area (Å²) in [7, 11) is 0. The average Bonchev–Trinajstić information content (AvgIpc) is 3.46. The number of carbonyl (C=O) groups excluding carboxylic acids is 3. The Balaban J connectivity index is 1.50. The number of amides is 3. The van der Waals surface area contributed by atoms with Gasteiger partial charge in [-0.15, -0.1) is 11.3 Å². The molecular formula is C24H28BrN3O3S. The van der Waals surface area contributed by atoms with Crippen molar-refractivity contribution >= 4 is 50.7 Å². The predicted molar refractivity (Wildman–Crippen MR) is 130 cm³/mol. The van der Waals surface area contributed by atoms with Crippen LogP contribution in [0.4, 0.5) is 5.69 Å². The molecule has 1 saturated carbocycles.